The summed E-state index contributed by atoms with van der Waals surface area (Å²) in [5, 5.41) is 4.49. The van der Waals surface area contributed by atoms with Crippen molar-refractivity contribution in [2.75, 3.05) is 6.54 Å². The second-order valence-electron chi connectivity index (χ2n) is 4.53. The highest BCUT2D eigenvalue weighted by Crippen LogP contribution is 2.38. The fraction of sp³-hybridized carbons (Fsp3) is 0.286. The lowest BCUT2D eigenvalue weighted by molar-refractivity contribution is -0.158. The number of nitrogens with one attached hydrogen (secondary N) is 1. The molecule has 2 aromatic carbocycles. The van der Waals surface area contributed by atoms with Crippen LogP contribution in [0.3, 0.4) is 0 Å². The van der Waals surface area contributed by atoms with Crippen molar-refractivity contribution >= 4 is 10.8 Å². The first-order valence-corrected chi connectivity index (χ1v) is 5.88. The molecule has 4 heteroatoms. The third kappa shape index (κ3) is 1.77. The Kier molecular flexibility index (Phi) is 2.55. The smallest absolute Gasteiger partial charge is 0.302 e. The lowest BCUT2D eigenvalue weighted by Gasteiger charge is -2.29. The topological polar surface area (TPSA) is 12.0 Å². The number of hydrogen-bond donors (Lipinski definition) is 1. The molecule has 3 rings (SSSR count). The van der Waals surface area contributed by atoms with Crippen molar-refractivity contribution in [3.8, 4) is 0 Å². The van der Waals surface area contributed by atoms with Crippen molar-refractivity contribution in [1.29, 1.82) is 0 Å². The van der Waals surface area contributed by atoms with E-state index < -0.39 is 12.2 Å². The SMILES string of the molecule is FC(F)(F)C1NCCc2c1ccc1ccccc21. The summed E-state index contributed by atoms with van der Waals surface area (Å²) in [5.74, 6) is 0. The Labute approximate surface area is 103 Å². The molecule has 1 heterocycles. The average Bonchev–Trinajstić information content (AvgIpc) is 2.36. The van der Waals surface area contributed by atoms with E-state index in [1.54, 1.807) is 12.1 Å². The Morgan fingerprint density at radius 3 is 2.61 bits per heavy atom. The van der Waals surface area contributed by atoms with E-state index in [0.29, 0.717) is 18.5 Å². The number of rotatable bonds is 0. The monoisotopic (exact) mass is 251 g/mol. The molecule has 0 aromatic heterocycles. The van der Waals surface area contributed by atoms with Gasteiger partial charge in [-0.2, -0.15) is 13.2 Å². The third-order valence-corrected chi connectivity index (χ3v) is 3.44. The normalized spacial score (nSPS) is 19.8. The molecule has 0 bridgehead atoms. The van der Waals surface area contributed by atoms with Gasteiger partial charge in [-0.15, -0.1) is 0 Å². The number of alkyl halides is 3. The van der Waals surface area contributed by atoms with Crippen LogP contribution < -0.4 is 5.32 Å². The molecular weight excluding hydrogens is 239 g/mol. The van der Waals surface area contributed by atoms with E-state index >= 15 is 0 Å². The fourth-order valence-electron chi connectivity index (χ4n) is 2.65. The highest BCUT2D eigenvalue weighted by atomic mass is 19.4. The molecule has 2 aromatic rings. The average molecular weight is 251 g/mol. The van der Waals surface area contributed by atoms with Crippen LogP contribution in [-0.2, 0) is 6.42 Å². The summed E-state index contributed by atoms with van der Waals surface area (Å²) < 4.78 is 38.9. The molecule has 0 saturated carbocycles. The molecule has 0 amide bonds. The van der Waals surface area contributed by atoms with Gasteiger partial charge in [-0.1, -0.05) is 36.4 Å². The Morgan fingerprint density at radius 1 is 1.06 bits per heavy atom. The molecule has 0 saturated heterocycles. The first-order chi connectivity index (χ1) is 8.57. The highest BCUT2D eigenvalue weighted by molar-refractivity contribution is 5.87. The van der Waals surface area contributed by atoms with Gasteiger partial charge >= 0.3 is 6.18 Å². The van der Waals surface area contributed by atoms with Crippen molar-refractivity contribution in [3.63, 3.8) is 0 Å². The lowest BCUT2D eigenvalue weighted by Crippen LogP contribution is -2.39. The van der Waals surface area contributed by atoms with Gasteiger partial charge in [0.05, 0.1) is 0 Å². The predicted octanol–water partition coefficient (Wildman–Crippen LogP) is 3.59. The van der Waals surface area contributed by atoms with E-state index in [1.165, 1.54) is 0 Å². The predicted molar refractivity (Wildman–Crippen MR) is 64.5 cm³/mol. The molecule has 94 valence electrons. The van der Waals surface area contributed by atoms with Crippen LogP contribution in [0.15, 0.2) is 36.4 Å². The molecule has 0 fully saturated rings. The minimum absolute atomic E-state index is 0.366. The molecule has 1 atom stereocenters. The Bertz CT molecular complexity index is 589. The maximum atomic E-state index is 13.0. The standard InChI is InChI=1S/C14H12F3N/c15-14(16,17)13-12-6-5-9-3-1-2-4-10(9)11(12)7-8-18-13/h1-6,13,18H,7-8H2. The number of halogens is 3. The van der Waals surface area contributed by atoms with Gasteiger partial charge in [-0.3, -0.25) is 0 Å². The van der Waals surface area contributed by atoms with Crippen LogP contribution in [0.5, 0.6) is 0 Å². The maximum absolute atomic E-state index is 13.0. The van der Waals surface area contributed by atoms with Gasteiger partial charge in [0.2, 0.25) is 0 Å². The zero-order valence-electron chi connectivity index (χ0n) is 9.59. The highest BCUT2D eigenvalue weighted by Gasteiger charge is 2.43. The second-order valence-corrected chi connectivity index (χ2v) is 4.53. The van der Waals surface area contributed by atoms with E-state index in [9.17, 15) is 13.2 Å². The third-order valence-electron chi connectivity index (χ3n) is 3.44. The first-order valence-electron chi connectivity index (χ1n) is 5.88. The van der Waals surface area contributed by atoms with E-state index in [2.05, 4.69) is 5.32 Å². The molecule has 0 radical (unpaired) electrons. The molecule has 1 nitrogen and oxygen atoms in total. The second kappa shape index (κ2) is 3.99. The van der Waals surface area contributed by atoms with Crippen LogP contribution in [0, 0.1) is 0 Å². The van der Waals surface area contributed by atoms with Gasteiger partial charge in [0.25, 0.3) is 0 Å². The molecule has 1 aliphatic rings. The van der Waals surface area contributed by atoms with E-state index in [0.717, 1.165) is 16.3 Å². The summed E-state index contributed by atoms with van der Waals surface area (Å²) in [4.78, 5) is 0. The van der Waals surface area contributed by atoms with Crippen LogP contribution in [-0.4, -0.2) is 12.7 Å². The molecule has 1 unspecified atom stereocenters. The summed E-state index contributed by atoms with van der Waals surface area (Å²) in [6.07, 6.45) is -3.60. The zero-order valence-corrected chi connectivity index (χ0v) is 9.59. The van der Waals surface area contributed by atoms with Crippen molar-refractivity contribution < 1.29 is 13.2 Å². The van der Waals surface area contributed by atoms with Crippen molar-refractivity contribution in [1.82, 2.24) is 5.32 Å². The lowest BCUT2D eigenvalue weighted by atomic mass is 9.89. The first kappa shape index (κ1) is 11.5. The molecule has 1 N–H and O–H groups in total. The van der Waals surface area contributed by atoms with Crippen molar-refractivity contribution in [2.24, 2.45) is 0 Å². The van der Waals surface area contributed by atoms with Crippen molar-refractivity contribution in [2.45, 2.75) is 18.6 Å². The zero-order chi connectivity index (χ0) is 12.8. The van der Waals surface area contributed by atoms with Crippen LogP contribution >= 0.6 is 0 Å². The van der Waals surface area contributed by atoms with Crippen molar-refractivity contribution in [3.05, 3.63) is 47.5 Å². The minimum Gasteiger partial charge on any atom is -0.302 e. The van der Waals surface area contributed by atoms with E-state index in [-0.39, 0.29) is 0 Å². The van der Waals surface area contributed by atoms with Crippen LogP contribution in [0.2, 0.25) is 0 Å². The Hall–Kier alpha value is -1.55. The number of fused-ring (bicyclic) bond motifs is 3. The summed E-state index contributed by atoms with van der Waals surface area (Å²) >= 11 is 0. The molecule has 18 heavy (non-hydrogen) atoms. The van der Waals surface area contributed by atoms with E-state index in [4.69, 9.17) is 0 Å². The molecular formula is C14H12F3N. The molecule has 0 aliphatic carbocycles. The quantitative estimate of drug-likeness (QED) is 0.754. The van der Waals surface area contributed by atoms with Gasteiger partial charge in [0.15, 0.2) is 0 Å². The van der Waals surface area contributed by atoms with Gasteiger partial charge in [-0.05, 0) is 28.3 Å². The summed E-state index contributed by atoms with van der Waals surface area (Å²) in [7, 11) is 0. The summed E-state index contributed by atoms with van der Waals surface area (Å²) in [6.45, 7) is 0.366. The largest absolute Gasteiger partial charge is 0.407 e. The summed E-state index contributed by atoms with van der Waals surface area (Å²) in [5.41, 5.74) is 1.20. The number of benzene rings is 2. The van der Waals surface area contributed by atoms with Crippen LogP contribution in [0.25, 0.3) is 10.8 Å². The van der Waals surface area contributed by atoms with Gasteiger partial charge < -0.3 is 5.32 Å². The Morgan fingerprint density at radius 2 is 1.83 bits per heavy atom. The van der Waals surface area contributed by atoms with Gasteiger partial charge in [-0.25, -0.2) is 0 Å². The van der Waals surface area contributed by atoms with Gasteiger partial charge in [0.1, 0.15) is 6.04 Å². The number of hydrogen-bond acceptors (Lipinski definition) is 1. The van der Waals surface area contributed by atoms with Gasteiger partial charge in [0, 0.05) is 6.54 Å². The van der Waals surface area contributed by atoms with Crippen LogP contribution in [0.1, 0.15) is 17.2 Å². The fourth-order valence-corrected chi connectivity index (χ4v) is 2.65. The summed E-state index contributed by atoms with van der Waals surface area (Å²) in [6, 6.07) is 9.42. The minimum atomic E-state index is -4.24. The maximum Gasteiger partial charge on any atom is 0.407 e. The Balaban J connectivity index is 2.22. The van der Waals surface area contributed by atoms with E-state index in [1.807, 2.05) is 24.3 Å². The molecule has 1 aliphatic heterocycles. The van der Waals surface area contributed by atoms with Crippen LogP contribution in [0.4, 0.5) is 13.2 Å². The molecule has 0 spiro atoms.